The van der Waals surface area contributed by atoms with Crippen LogP contribution in [0, 0.1) is 11.8 Å². The SMILES string of the molecule is C[C@@]12[C@H]3CC[C@@H]1[C@H](OC(=S)Oc1ccccc1)C(=O)N2CC3. The molecule has 0 spiro atoms. The maximum Gasteiger partial charge on any atom is 0.358 e. The molecule has 0 radical (unpaired) electrons. The zero-order chi connectivity index (χ0) is 15.3. The Morgan fingerprint density at radius 2 is 2.05 bits per heavy atom. The normalized spacial score (nSPS) is 35.6. The van der Waals surface area contributed by atoms with Crippen molar-refractivity contribution < 1.29 is 14.3 Å². The van der Waals surface area contributed by atoms with Crippen LogP contribution in [0.2, 0.25) is 0 Å². The summed E-state index contributed by atoms with van der Waals surface area (Å²) in [4.78, 5) is 14.7. The van der Waals surface area contributed by atoms with Crippen molar-refractivity contribution in [1.82, 2.24) is 4.90 Å². The molecule has 4 nitrogen and oxygen atoms in total. The Hall–Kier alpha value is -1.62. The second-order valence-electron chi connectivity index (χ2n) is 6.59. The lowest BCUT2D eigenvalue weighted by Gasteiger charge is -2.31. The van der Waals surface area contributed by atoms with E-state index >= 15 is 0 Å². The topological polar surface area (TPSA) is 38.8 Å². The fourth-order valence-corrected chi connectivity index (χ4v) is 4.83. The van der Waals surface area contributed by atoms with Gasteiger partial charge < -0.3 is 14.4 Å². The number of para-hydroxylation sites is 1. The van der Waals surface area contributed by atoms with Crippen LogP contribution in [0.4, 0.5) is 0 Å². The van der Waals surface area contributed by atoms with Crippen molar-refractivity contribution in [2.75, 3.05) is 6.54 Å². The summed E-state index contributed by atoms with van der Waals surface area (Å²) in [5, 5.41) is 0.0396. The molecule has 5 heteroatoms. The molecule has 1 amide bonds. The van der Waals surface area contributed by atoms with Gasteiger partial charge in [-0.3, -0.25) is 4.79 Å². The highest BCUT2D eigenvalue weighted by atomic mass is 32.1. The molecule has 0 aromatic heterocycles. The number of amides is 1. The highest BCUT2D eigenvalue weighted by Crippen LogP contribution is 2.56. The summed E-state index contributed by atoms with van der Waals surface area (Å²) >= 11 is 5.19. The van der Waals surface area contributed by atoms with E-state index in [9.17, 15) is 4.79 Å². The highest BCUT2D eigenvalue weighted by Gasteiger charge is 2.65. The van der Waals surface area contributed by atoms with Crippen molar-refractivity contribution in [1.29, 1.82) is 0 Å². The van der Waals surface area contributed by atoms with E-state index in [1.165, 1.54) is 6.42 Å². The number of hydrogen-bond donors (Lipinski definition) is 0. The van der Waals surface area contributed by atoms with E-state index in [1.807, 2.05) is 35.2 Å². The molecule has 116 valence electrons. The number of carbonyl (C=O) groups is 1. The molecule has 1 aromatic carbocycles. The molecule has 1 aliphatic carbocycles. The van der Waals surface area contributed by atoms with Crippen molar-refractivity contribution in [3.05, 3.63) is 30.3 Å². The van der Waals surface area contributed by atoms with Gasteiger partial charge in [0.1, 0.15) is 5.75 Å². The lowest BCUT2D eigenvalue weighted by Crippen LogP contribution is -2.42. The molecular formula is C17H19NO3S. The fourth-order valence-electron chi connectivity index (χ4n) is 4.63. The van der Waals surface area contributed by atoms with Gasteiger partial charge in [0.25, 0.3) is 5.91 Å². The van der Waals surface area contributed by atoms with Gasteiger partial charge in [0.05, 0.1) is 0 Å². The molecule has 3 fully saturated rings. The smallest absolute Gasteiger partial charge is 0.358 e. The molecule has 0 unspecified atom stereocenters. The maximum atomic E-state index is 12.7. The van der Waals surface area contributed by atoms with E-state index in [0.29, 0.717) is 11.7 Å². The number of hydrogen-bond acceptors (Lipinski definition) is 4. The third-order valence-electron chi connectivity index (χ3n) is 5.73. The molecule has 4 rings (SSSR count). The Kier molecular flexibility index (Phi) is 3.15. The molecule has 2 heterocycles. The van der Waals surface area contributed by atoms with Gasteiger partial charge in [-0.2, -0.15) is 0 Å². The molecule has 2 saturated heterocycles. The first-order valence-corrected chi connectivity index (χ1v) is 8.26. The summed E-state index contributed by atoms with van der Waals surface area (Å²) in [5.41, 5.74) is -0.0376. The standard InChI is InChI=1S/C17H19NO3S/c1-17-11-7-8-13(17)14(15(19)18(17)10-9-11)21-16(22)20-12-5-3-2-4-6-12/h2-6,11,13-14H,7-10H2,1H3/t11-,13+,14-,17+/m0/s1. The molecule has 22 heavy (non-hydrogen) atoms. The zero-order valence-corrected chi connectivity index (χ0v) is 13.3. The predicted octanol–water partition coefficient (Wildman–Crippen LogP) is 2.77. The van der Waals surface area contributed by atoms with E-state index in [2.05, 4.69) is 6.92 Å². The van der Waals surface area contributed by atoms with Crippen molar-refractivity contribution in [2.24, 2.45) is 11.8 Å². The molecule has 0 bridgehead atoms. The summed E-state index contributed by atoms with van der Waals surface area (Å²) < 4.78 is 11.3. The van der Waals surface area contributed by atoms with E-state index in [0.717, 1.165) is 19.4 Å². The number of carbonyl (C=O) groups excluding carboxylic acids is 1. The van der Waals surface area contributed by atoms with Crippen LogP contribution in [-0.4, -0.2) is 34.2 Å². The van der Waals surface area contributed by atoms with Crippen LogP contribution in [0.25, 0.3) is 0 Å². The van der Waals surface area contributed by atoms with Gasteiger partial charge in [-0.05, 0) is 44.2 Å². The van der Waals surface area contributed by atoms with Crippen LogP contribution in [-0.2, 0) is 9.53 Å². The van der Waals surface area contributed by atoms with Crippen molar-refractivity contribution in [2.45, 2.75) is 37.8 Å². The van der Waals surface area contributed by atoms with Crippen molar-refractivity contribution in [3.63, 3.8) is 0 Å². The van der Waals surface area contributed by atoms with Crippen LogP contribution in [0.15, 0.2) is 30.3 Å². The van der Waals surface area contributed by atoms with E-state index in [4.69, 9.17) is 21.7 Å². The van der Waals surface area contributed by atoms with Gasteiger partial charge in [0, 0.05) is 30.2 Å². The number of rotatable bonds is 2. The fraction of sp³-hybridized carbons (Fsp3) is 0.529. The largest absolute Gasteiger partial charge is 0.443 e. The van der Waals surface area contributed by atoms with Crippen molar-refractivity contribution in [3.8, 4) is 5.75 Å². The highest BCUT2D eigenvalue weighted by molar-refractivity contribution is 7.79. The first-order chi connectivity index (χ1) is 10.6. The Balaban J connectivity index is 1.49. The average molecular weight is 317 g/mol. The monoisotopic (exact) mass is 317 g/mol. The van der Waals surface area contributed by atoms with Crippen LogP contribution in [0.3, 0.4) is 0 Å². The average Bonchev–Trinajstić information content (AvgIpc) is 3.07. The molecule has 2 aliphatic heterocycles. The molecule has 1 saturated carbocycles. The maximum absolute atomic E-state index is 12.7. The summed E-state index contributed by atoms with van der Waals surface area (Å²) in [6.45, 7) is 3.06. The third-order valence-corrected chi connectivity index (χ3v) is 5.91. The quantitative estimate of drug-likeness (QED) is 0.786. The third kappa shape index (κ3) is 1.88. The summed E-state index contributed by atoms with van der Waals surface area (Å²) in [7, 11) is 0. The lowest BCUT2D eigenvalue weighted by molar-refractivity contribution is -0.135. The van der Waals surface area contributed by atoms with E-state index in [-0.39, 0.29) is 22.6 Å². The molecular weight excluding hydrogens is 298 g/mol. The Labute approximate surface area is 135 Å². The Bertz CT molecular complexity index is 620. The number of nitrogens with zero attached hydrogens (tertiary/aromatic N) is 1. The Morgan fingerprint density at radius 3 is 2.82 bits per heavy atom. The predicted molar refractivity (Wildman–Crippen MR) is 85.5 cm³/mol. The first kappa shape index (κ1) is 14.0. The first-order valence-electron chi connectivity index (χ1n) is 7.85. The van der Waals surface area contributed by atoms with E-state index in [1.54, 1.807) is 0 Å². The Morgan fingerprint density at radius 1 is 1.27 bits per heavy atom. The van der Waals surface area contributed by atoms with Gasteiger partial charge in [-0.15, -0.1) is 0 Å². The number of benzene rings is 1. The minimum Gasteiger partial charge on any atom is -0.443 e. The summed E-state index contributed by atoms with van der Waals surface area (Å²) in [6, 6.07) is 9.29. The van der Waals surface area contributed by atoms with Gasteiger partial charge in [-0.1, -0.05) is 18.2 Å². The van der Waals surface area contributed by atoms with Gasteiger partial charge in [-0.25, -0.2) is 0 Å². The second-order valence-corrected chi connectivity index (χ2v) is 6.92. The molecule has 0 N–H and O–H groups in total. The molecule has 4 atom stereocenters. The van der Waals surface area contributed by atoms with Gasteiger partial charge in [0.2, 0.25) is 0 Å². The van der Waals surface area contributed by atoms with Crippen LogP contribution >= 0.6 is 12.2 Å². The molecule has 3 aliphatic rings. The van der Waals surface area contributed by atoms with Crippen LogP contribution in [0.5, 0.6) is 5.75 Å². The number of thiocarbonyl (C=S) groups is 1. The zero-order valence-electron chi connectivity index (χ0n) is 12.5. The van der Waals surface area contributed by atoms with Crippen LogP contribution in [0.1, 0.15) is 26.2 Å². The van der Waals surface area contributed by atoms with Crippen molar-refractivity contribution >= 4 is 23.4 Å². The minimum absolute atomic E-state index is 0.0376. The van der Waals surface area contributed by atoms with Gasteiger partial charge in [0.15, 0.2) is 6.10 Å². The molecule has 1 aromatic rings. The van der Waals surface area contributed by atoms with Gasteiger partial charge >= 0.3 is 5.24 Å². The lowest BCUT2D eigenvalue weighted by atomic mass is 9.84. The minimum atomic E-state index is -0.480. The summed E-state index contributed by atoms with van der Waals surface area (Å²) in [5.74, 6) is 1.55. The van der Waals surface area contributed by atoms with Crippen LogP contribution < -0.4 is 4.74 Å². The van der Waals surface area contributed by atoms with E-state index < -0.39 is 6.10 Å². The second kappa shape index (κ2) is 4.95. The summed E-state index contributed by atoms with van der Waals surface area (Å²) in [6.07, 6.45) is 2.85. The number of ether oxygens (including phenoxy) is 2.